The Balaban J connectivity index is 1.71. The van der Waals surface area contributed by atoms with Gasteiger partial charge in [0.1, 0.15) is 6.54 Å². The predicted molar refractivity (Wildman–Crippen MR) is 81.1 cm³/mol. The van der Waals surface area contributed by atoms with Crippen LogP contribution in [0.15, 0.2) is 27.7 Å². The molecule has 1 heterocycles. The number of aliphatic imine (C=N–C) groups is 1. The zero-order chi connectivity index (χ0) is 14.7. The Morgan fingerprint density at radius 3 is 3.05 bits per heavy atom. The molecule has 1 aromatic heterocycles. The zero-order valence-electron chi connectivity index (χ0n) is 12.1. The number of benzene rings is 1. The van der Waals surface area contributed by atoms with Gasteiger partial charge in [-0.05, 0) is 49.8 Å². The van der Waals surface area contributed by atoms with Gasteiger partial charge in [0, 0.05) is 5.69 Å². The molecule has 0 amide bonds. The fraction of sp³-hybridized carbons (Fsp3) is 0.400. The Morgan fingerprint density at radius 2 is 2.24 bits per heavy atom. The minimum absolute atomic E-state index is 0.286. The van der Waals surface area contributed by atoms with Crippen molar-refractivity contribution in [3.63, 3.8) is 0 Å². The van der Waals surface area contributed by atoms with Crippen molar-refractivity contribution in [3.05, 3.63) is 41.0 Å². The van der Waals surface area contributed by atoms with Crippen molar-refractivity contribution in [2.45, 2.75) is 39.2 Å². The second-order valence-electron chi connectivity index (χ2n) is 5.21. The molecule has 0 spiro atoms. The topological polar surface area (TPSA) is 89.3 Å². The first-order chi connectivity index (χ1) is 10.2. The maximum absolute atomic E-state index is 5.94. The Kier molecular flexibility index (Phi) is 3.85. The molecule has 0 atom stereocenters. The third kappa shape index (κ3) is 3.21. The van der Waals surface area contributed by atoms with E-state index in [4.69, 9.17) is 10.3 Å². The van der Waals surface area contributed by atoms with Crippen LogP contribution in [0.1, 0.15) is 35.7 Å². The number of guanidine groups is 1. The van der Waals surface area contributed by atoms with Gasteiger partial charge in [0.05, 0.1) is 0 Å². The molecule has 3 rings (SSSR count). The van der Waals surface area contributed by atoms with Gasteiger partial charge in [-0.1, -0.05) is 17.3 Å². The van der Waals surface area contributed by atoms with Gasteiger partial charge < -0.3 is 15.6 Å². The monoisotopic (exact) mass is 285 g/mol. The molecule has 6 nitrogen and oxygen atoms in total. The number of aromatic nitrogens is 2. The first-order valence-electron chi connectivity index (χ1n) is 7.19. The summed E-state index contributed by atoms with van der Waals surface area (Å²) in [6.45, 7) is 2.06. The molecule has 0 aliphatic heterocycles. The number of fused-ring (bicyclic) bond motifs is 1. The SMILES string of the molecule is Cc1noc(CN=C(N)Nc2cccc3c2CCCC3)n1. The molecular formula is C15H19N5O. The summed E-state index contributed by atoms with van der Waals surface area (Å²) >= 11 is 0. The van der Waals surface area contributed by atoms with Crippen molar-refractivity contribution >= 4 is 11.6 Å². The van der Waals surface area contributed by atoms with Gasteiger partial charge in [0.2, 0.25) is 5.89 Å². The van der Waals surface area contributed by atoms with E-state index in [1.807, 2.05) is 6.07 Å². The lowest BCUT2D eigenvalue weighted by atomic mass is 9.90. The molecule has 1 aliphatic rings. The lowest BCUT2D eigenvalue weighted by Crippen LogP contribution is -2.24. The van der Waals surface area contributed by atoms with Crippen molar-refractivity contribution in [1.29, 1.82) is 0 Å². The number of anilines is 1. The minimum Gasteiger partial charge on any atom is -0.370 e. The highest BCUT2D eigenvalue weighted by molar-refractivity contribution is 5.93. The quantitative estimate of drug-likeness (QED) is 0.666. The number of hydrogen-bond donors (Lipinski definition) is 2. The summed E-state index contributed by atoms with van der Waals surface area (Å²) in [4.78, 5) is 8.33. The summed E-state index contributed by atoms with van der Waals surface area (Å²) in [5, 5.41) is 6.90. The molecule has 110 valence electrons. The van der Waals surface area contributed by atoms with Crippen LogP contribution in [0.25, 0.3) is 0 Å². The van der Waals surface area contributed by atoms with Crippen LogP contribution in [0.3, 0.4) is 0 Å². The third-order valence-corrected chi connectivity index (χ3v) is 3.61. The van der Waals surface area contributed by atoms with Crippen molar-refractivity contribution < 1.29 is 4.52 Å². The standard InChI is InChI=1S/C15H19N5O/c1-10-18-14(21-20-10)9-17-15(16)19-13-8-4-6-11-5-2-3-7-12(11)13/h4,6,8H,2-3,5,7,9H2,1H3,(H3,16,17,19). The smallest absolute Gasteiger partial charge is 0.248 e. The van der Waals surface area contributed by atoms with E-state index < -0.39 is 0 Å². The minimum atomic E-state index is 0.286. The summed E-state index contributed by atoms with van der Waals surface area (Å²) < 4.78 is 5.00. The molecule has 6 heteroatoms. The molecule has 21 heavy (non-hydrogen) atoms. The molecule has 1 aliphatic carbocycles. The highest BCUT2D eigenvalue weighted by atomic mass is 16.5. The number of nitrogens with two attached hydrogens (primary N) is 1. The average molecular weight is 285 g/mol. The van der Waals surface area contributed by atoms with E-state index in [0.717, 1.165) is 18.5 Å². The molecule has 0 fully saturated rings. The maximum Gasteiger partial charge on any atom is 0.248 e. The third-order valence-electron chi connectivity index (χ3n) is 3.61. The molecule has 0 saturated heterocycles. The Bertz CT molecular complexity index is 662. The number of hydrogen-bond acceptors (Lipinski definition) is 4. The molecule has 1 aromatic carbocycles. The molecule has 0 unspecified atom stereocenters. The molecular weight excluding hydrogens is 266 g/mol. The van der Waals surface area contributed by atoms with Crippen LogP contribution in [0.2, 0.25) is 0 Å². The molecule has 0 saturated carbocycles. The van der Waals surface area contributed by atoms with Crippen LogP contribution in [0.4, 0.5) is 5.69 Å². The van der Waals surface area contributed by atoms with E-state index in [-0.39, 0.29) is 6.54 Å². The maximum atomic E-state index is 5.94. The zero-order valence-corrected chi connectivity index (χ0v) is 12.1. The second-order valence-corrected chi connectivity index (χ2v) is 5.21. The van der Waals surface area contributed by atoms with E-state index >= 15 is 0 Å². The Morgan fingerprint density at radius 1 is 1.38 bits per heavy atom. The lowest BCUT2D eigenvalue weighted by Gasteiger charge is -2.19. The van der Waals surface area contributed by atoms with Gasteiger partial charge >= 0.3 is 0 Å². The molecule has 0 radical (unpaired) electrons. The second kappa shape index (κ2) is 5.95. The van der Waals surface area contributed by atoms with Gasteiger partial charge in [-0.25, -0.2) is 4.99 Å². The van der Waals surface area contributed by atoms with Crippen molar-refractivity contribution in [1.82, 2.24) is 10.1 Å². The lowest BCUT2D eigenvalue weighted by molar-refractivity contribution is 0.376. The van der Waals surface area contributed by atoms with E-state index in [2.05, 4.69) is 32.6 Å². The number of aryl methyl sites for hydroxylation is 2. The Labute approximate surface area is 123 Å². The summed E-state index contributed by atoms with van der Waals surface area (Å²) in [5.41, 5.74) is 9.76. The molecule has 3 N–H and O–H groups in total. The Hall–Kier alpha value is -2.37. The highest BCUT2D eigenvalue weighted by Gasteiger charge is 2.13. The van der Waals surface area contributed by atoms with Crippen LogP contribution in [0, 0.1) is 6.92 Å². The van der Waals surface area contributed by atoms with Gasteiger partial charge in [-0.3, -0.25) is 0 Å². The number of rotatable bonds is 3. The van der Waals surface area contributed by atoms with E-state index in [9.17, 15) is 0 Å². The fourth-order valence-corrected chi connectivity index (χ4v) is 2.63. The molecule has 0 bridgehead atoms. The summed E-state index contributed by atoms with van der Waals surface area (Å²) in [7, 11) is 0. The normalized spacial score (nSPS) is 14.8. The number of nitrogens with zero attached hydrogens (tertiary/aromatic N) is 3. The number of nitrogens with one attached hydrogen (secondary N) is 1. The largest absolute Gasteiger partial charge is 0.370 e. The highest BCUT2D eigenvalue weighted by Crippen LogP contribution is 2.27. The van der Waals surface area contributed by atoms with Crippen LogP contribution in [0.5, 0.6) is 0 Å². The first kappa shape index (κ1) is 13.6. The van der Waals surface area contributed by atoms with Crippen LogP contribution in [-0.2, 0) is 19.4 Å². The van der Waals surface area contributed by atoms with E-state index in [1.54, 1.807) is 6.92 Å². The van der Waals surface area contributed by atoms with Crippen LogP contribution in [-0.4, -0.2) is 16.1 Å². The average Bonchev–Trinajstić information content (AvgIpc) is 2.91. The summed E-state index contributed by atoms with van der Waals surface area (Å²) in [6.07, 6.45) is 4.72. The van der Waals surface area contributed by atoms with Gasteiger partial charge in [-0.2, -0.15) is 4.98 Å². The summed E-state index contributed by atoms with van der Waals surface area (Å²) in [6, 6.07) is 6.29. The van der Waals surface area contributed by atoms with E-state index in [0.29, 0.717) is 17.7 Å². The van der Waals surface area contributed by atoms with Crippen molar-refractivity contribution in [2.24, 2.45) is 10.7 Å². The van der Waals surface area contributed by atoms with Crippen LogP contribution < -0.4 is 11.1 Å². The predicted octanol–water partition coefficient (Wildman–Crippen LogP) is 2.18. The summed E-state index contributed by atoms with van der Waals surface area (Å²) in [5.74, 6) is 1.43. The van der Waals surface area contributed by atoms with Gasteiger partial charge in [0.15, 0.2) is 11.8 Å². The van der Waals surface area contributed by atoms with Crippen molar-refractivity contribution in [3.8, 4) is 0 Å². The van der Waals surface area contributed by atoms with E-state index in [1.165, 1.54) is 24.0 Å². The first-order valence-corrected chi connectivity index (χ1v) is 7.19. The molecule has 2 aromatic rings. The van der Waals surface area contributed by atoms with Gasteiger partial charge in [0.25, 0.3) is 0 Å². The van der Waals surface area contributed by atoms with Crippen molar-refractivity contribution in [2.75, 3.05) is 5.32 Å². The fourth-order valence-electron chi connectivity index (χ4n) is 2.63. The van der Waals surface area contributed by atoms with Gasteiger partial charge in [-0.15, -0.1) is 0 Å². The van der Waals surface area contributed by atoms with Crippen LogP contribution >= 0.6 is 0 Å².